The van der Waals surface area contributed by atoms with Gasteiger partial charge in [0.15, 0.2) is 5.96 Å². The molecule has 0 spiro atoms. The zero-order valence-electron chi connectivity index (χ0n) is 15.4. The van der Waals surface area contributed by atoms with E-state index in [1.807, 2.05) is 14.0 Å². The van der Waals surface area contributed by atoms with Gasteiger partial charge in [0.2, 0.25) is 0 Å². The Morgan fingerprint density at radius 1 is 1.32 bits per heavy atom. The maximum Gasteiger partial charge on any atom is 0.308 e. The van der Waals surface area contributed by atoms with E-state index in [0.29, 0.717) is 5.92 Å². The zero-order valence-corrected chi connectivity index (χ0v) is 15.4. The van der Waals surface area contributed by atoms with Gasteiger partial charge in [-0.3, -0.25) is 9.79 Å². The topological polar surface area (TPSA) is 84.6 Å². The van der Waals surface area contributed by atoms with E-state index in [2.05, 4.69) is 30.0 Å². The molecule has 3 rings (SSSR count). The van der Waals surface area contributed by atoms with Crippen molar-refractivity contribution in [2.24, 2.45) is 16.8 Å². The van der Waals surface area contributed by atoms with Crippen LogP contribution >= 0.6 is 0 Å². The average Bonchev–Trinajstić information content (AvgIpc) is 3.02. The summed E-state index contributed by atoms with van der Waals surface area (Å²) in [6.45, 7) is 5.53. The number of nitrogens with one attached hydrogen (secondary N) is 1. The van der Waals surface area contributed by atoms with Crippen molar-refractivity contribution >= 4 is 11.9 Å². The molecule has 1 N–H and O–H groups in total. The van der Waals surface area contributed by atoms with Gasteiger partial charge in [0.1, 0.15) is 11.6 Å². The van der Waals surface area contributed by atoms with Crippen LogP contribution in [0.2, 0.25) is 0 Å². The second-order valence-corrected chi connectivity index (χ2v) is 6.89. The number of rotatable bonds is 3. The van der Waals surface area contributed by atoms with Crippen LogP contribution in [-0.2, 0) is 22.5 Å². The minimum Gasteiger partial charge on any atom is -0.469 e. The molecule has 3 heterocycles. The molecule has 0 bridgehead atoms. The van der Waals surface area contributed by atoms with Gasteiger partial charge in [-0.2, -0.15) is 0 Å². The van der Waals surface area contributed by atoms with Crippen LogP contribution in [-0.4, -0.2) is 65.4 Å². The zero-order chi connectivity index (χ0) is 17.8. The van der Waals surface area contributed by atoms with E-state index in [9.17, 15) is 4.79 Å². The van der Waals surface area contributed by atoms with E-state index in [1.54, 1.807) is 0 Å². The van der Waals surface area contributed by atoms with Crippen molar-refractivity contribution in [3.63, 3.8) is 0 Å². The molecule has 1 aromatic rings. The van der Waals surface area contributed by atoms with Gasteiger partial charge >= 0.3 is 5.97 Å². The predicted molar refractivity (Wildman–Crippen MR) is 94.2 cm³/mol. The van der Waals surface area contributed by atoms with Gasteiger partial charge in [0, 0.05) is 39.6 Å². The number of hydrogen-bond acceptors (Lipinski definition) is 5. The molecule has 1 fully saturated rings. The van der Waals surface area contributed by atoms with Crippen molar-refractivity contribution < 1.29 is 9.53 Å². The van der Waals surface area contributed by atoms with Gasteiger partial charge in [-0.25, -0.2) is 0 Å². The Labute approximate surface area is 148 Å². The first-order valence-corrected chi connectivity index (χ1v) is 9.04. The number of esters is 1. The highest BCUT2D eigenvalue weighted by Crippen LogP contribution is 2.20. The number of fused-ring (bicyclic) bond motifs is 1. The lowest BCUT2D eigenvalue weighted by Crippen LogP contribution is -2.48. The van der Waals surface area contributed by atoms with Gasteiger partial charge in [0.25, 0.3) is 0 Å². The Balaban J connectivity index is 1.49. The molecule has 0 aliphatic carbocycles. The number of likely N-dealkylation sites (tertiary alicyclic amines) is 1. The highest BCUT2D eigenvalue weighted by Gasteiger charge is 2.27. The first-order valence-electron chi connectivity index (χ1n) is 9.04. The van der Waals surface area contributed by atoms with Crippen LogP contribution in [0.1, 0.15) is 30.9 Å². The Morgan fingerprint density at radius 2 is 2.08 bits per heavy atom. The first-order chi connectivity index (χ1) is 12.1. The molecule has 1 saturated heterocycles. The van der Waals surface area contributed by atoms with Crippen LogP contribution in [0.3, 0.4) is 0 Å². The second kappa shape index (κ2) is 7.84. The normalized spacial score (nSPS) is 21.8. The van der Waals surface area contributed by atoms with E-state index in [0.717, 1.165) is 69.5 Å². The number of piperidine rings is 1. The van der Waals surface area contributed by atoms with E-state index >= 15 is 0 Å². The van der Waals surface area contributed by atoms with Crippen LogP contribution in [0.25, 0.3) is 0 Å². The van der Waals surface area contributed by atoms with Crippen molar-refractivity contribution in [2.45, 2.75) is 39.2 Å². The summed E-state index contributed by atoms with van der Waals surface area (Å²) in [4.78, 5) is 18.3. The molecule has 25 heavy (non-hydrogen) atoms. The molecule has 0 aromatic carbocycles. The lowest BCUT2D eigenvalue weighted by atomic mass is 9.97. The molecule has 8 heteroatoms. The van der Waals surface area contributed by atoms with Crippen molar-refractivity contribution in [3.05, 3.63) is 11.6 Å². The monoisotopic (exact) mass is 348 g/mol. The number of carbonyl (C=O) groups is 1. The Morgan fingerprint density at radius 3 is 2.76 bits per heavy atom. The fourth-order valence-electron chi connectivity index (χ4n) is 3.76. The molecule has 1 unspecified atom stereocenters. The van der Waals surface area contributed by atoms with Gasteiger partial charge in [-0.05, 0) is 32.1 Å². The van der Waals surface area contributed by atoms with Gasteiger partial charge in [0.05, 0.1) is 13.0 Å². The molecule has 2 aliphatic heterocycles. The number of nitrogens with zero attached hydrogens (tertiary/aromatic N) is 5. The fraction of sp³-hybridized carbons (Fsp3) is 0.765. The predicted octanol–water partition coefficient (Wildman–Crippen LogP) is 0.609. The molecular formula is C17H28N6O2. The van der Waals surface area contributed by atoms with Crippen LogP contribution in [0, 0.1) is 18.8 Å². The summed E-state index contributed by atoms with van der Waals surface area (Å²) in [6.07, 6.45) is 3.74. The molecule has 138 valence electrons. The molecular weight excluding hydrogens is 320 g/mol. The van der Waals surface area contributed by atoms with Crippen molar-refractivity contribution in [2.75, 3.05) is 33.8 Å². The molecule has 8 nitrogen and oxygen atoms in total. The number of aliphatic imine (C=N–C) groups is 1. The SMILES string of the molecule is CN=C(NCC1CCc2nnc(C)n2C1)N1CCC(C(=O)OC)CC1. The number of aromatic nitrogens is 3. The molecule has 0 amide bonds. The third-order valence-corrected chi connectivity index (χ3v) is 5.32. The maximum absolute atomic E-state index is 11.7. The number of methoxy groups -OCH3 is 1. The van der Waals surface area contributed by atoms with Crippen LogP contribution in [0.4, 0.5) is 0 Å². The minimum absolute atomic E-state index is 0.0211. The Bertz CT molecular complexity index is 633. The maximum atomic E-state index is 11.7. The summed E-state index contributed by atoms with van der Waals surface area (Å²) in [5.74, 6) is 3.50. The number of hydrogen-bond donors (Lipinski definition) is 1. The van der Waals surface area contributed by atoms with Crippen LogP contribution in [0.15, 0.2) is 4.99 Å². The molecule has 0 radical (unpaired) electrons. The molecule has 0 saturated carbocycles. The fourth-order valence-corrected chi connectivity index (χ4v) is 3.76. The lowest BCUT2D eigenvalue weighted by molar-refractivity contribution is -0.146. The van der Waals surface area contributed by atoms with Crippen molar-refractivity contribution in [1.29, 1.82) is 0 Å². The first kappa shape index (κ1) is 17.7. The highest BCUT2D eigenvalue weighted by molar-refractivity contribution is 5.80. The largest absolute Gasteiger partial charge is 0.469 e. The number of carbonyl (C=O) groups excluding carboxylic acids is 1. The van der Waals surface area contributed by atoms with Crippen LogP contribution < -0.4 is 5.32 Å². The molecule has 2 aliphatic rings. The smallest absolute Gasteiger partial charge is 0.308 e. The standard InChI is InChI=1S/C17H28N6O2/c1-12-20-21-15-5-4-13(11-23(12)15)10-19-17(18-2)22-8-6-14(7-9-22)16(24)25-3/h13-14H,4-11H2,1-3H3,(H,18,19). The van der Waals surface area contributed by atoms with E-state index in [4.69, 9.17) is 4.74 Å². The highest BCUT2D eigenvalue weighted by atomic mass is 16.5. The third kappa shape index (κ3) is 3.93. The Kier molecular flexibility index (Phi) is 5.55. The number of aryl methyl sites for hydroxylation is 2. The quantitative estimate of drug-likeness (QED) is 0.489. The van der Waals surface area contributed by atoms with E-state index in [1.165, 1.54) is 7.11 Å². The van der Waals surface area contributed by atoms with Gasteiger partial charge < -0.3 is 19.5 Å². The summed E-state index contributed by atoms with van der Waals surface area (Å²) in [5, 5.41) is 11.9. The minimum atomic E-state index is -0.0927. The Hall–Kier alpha value is -2.12. The summed E-state index contributed by atoms with van der Waals surface area (Å²) in [5.41, 5.74) is 0. The third-order valence-electron chi connectivity index (χ3n) is 5.32. The summed E-state index contributed by atoms with van der Waals surface area (Å²) in [6, 6.07) is 0. The average molecular weight is 348 g/mol. The van der Waals surface area contributed by atoms with Crippen molar-refractivity contribution in [1.82, 2.24) is 25.0 Å². The summed E-state index contributed by atoms with van der Waals surface area (Å²) >= 11 is 0. The molecule has 1 aromatic heterocycles. The van der Waals surface area contributed by atoms with Gasteiger partial charge in [-0.1, -0.05) is 0 Å². The summed E-state index contributed by atoms with van der Waals surface area (Å²) < 4.78 is 7.08. The molecule has 1 atom stereocenters. The lowest BCUT2D eigenvalue weighted by Gasteiger charge is -2.34. The van der Waals surface area contributed by atoms with Gasteiger partial charge in [-0.15, -0.1) is 10.2 Å². The van der Waals surface area contributed by atoms with Crippen molar-refractivity contribution in [3.8, 4) is 0 Å². The van der Waals surface area contributed by atoms with E-state index in [-0.39, 0.29) is 11.9 Å². The van der Waals surface area contributed by atoms with Crippen LogP contribution in [0.5, 0.6) is 0 Å². The number of ether oxygens (including phenoxy) is 1. The van der Waals surface area contributed by atoms with E-state index < -0.39 is 0 Å². The number of guanidine groups is 1. The second-order valence-electron chi connectivity index (χ2n) is 6.89. The summed E-state index contributed by atoms with van der Waals surface area (Å²) in [7, 11) is 3.28.